The highest BCUT2D eigenvalue weighted by Gasteiger charge is 2.42. The van der Waals surface area contributed by atoms with Gasteiger partial charge in [0.15, 0.2) is 0 Å². The number of hydrogen-bond acceptors (Lipinski definition) is 3. The minimum absolute atomic E-state index is 0.227. The van der Waals surface area contributed by atoms with E-state index in [9.17, 15) is 0 Å². The molecule has 3 rings (SSSR count). The van der Waals surface area contributed by atoms with Crippen LogP contribution in [0, 0.1) is 12.8 Å². The Morgan fingerprint density at radius 1 is 1.37 bits per heavy atom. The van der Waals surface area contributed by atoms with E-state index in [1.165, 1.54) is 48.3 Å². The van der Waals surface area contributed by atoms with Crippen LogP contribution in [-0.2, 0) is 4.74 Å². The monoisotopic (exact) mass is 279 g/mol. The van der Waals surface area contributed by atoms with Gasteiger partial charge in [0, 0.05) is 22.4 Å². The molecule has 2 heterocycles. The molecule has 1 spiro atoms. The second kappa shape index (κ2) is 5.55. The van der Waals surface area contributed by atoms with Gasteiger partial charge < -0.3 is 10.1 Å². The van der Waals surface area contributed by atoms with Gasteiger partial charge in [-0.25, -0.2) is 0 Å². The molecule has 0 radical (unpaired) electrons. The molecular formula is C16H25NOS. The number of nitrogens with one attached hydrogen (secondary N) is 1. The molecular weight excluding hydrogens is 254 g/mol. The Bertz CT molecular complexity index is 422. The molecule has 2 unspecified atom stereocenters. The molecule has 2 nitrogen and oxygen atoms in total. The third-order valence-corrected chi connectivity index (χ3v) is 5.98. The average molecular weight is 279 g/mol. The normalized spacial score (nSPS) is 27.8. The van der Waals surface area contributed by atoms with E-state index in [-0.39, 0.29) is 5.60 Å². The zero-order valence-corrected chi connectivity index (χ0v) is 12.9. The van der Waals surface area contributed by atoms with Crippen LogP contribution in [0.15, 0.2) is 12.1 Å². The third-order valence-electron chi connectivity index (χ3n) is 4.90. The molecule has 1 aliphatic heterocycles. The van der Waals surface area contributed by atoms with Gasteiger partial charge in [-0.2, -0.15) is 0 Å². The zero-order chi connectivity index (χ0) is 13.3. The van der Waals surface area contributed by atoms with Crippen molar-refractivity contribution < 1.29 is 4.74 Å². The van der Waals surface area contributed by atoms with Crippen LogP contribution < -0.4 is 5.32 Å². The van der Waals surface area contributed by atoms with Crippen molar-refractivity contribution in [2.24, 2.45) is 5.92 Å². The standard InChI is InChI=1S/C16H25NOS/c1-12-5-6-14(19-12)15(17-2)13-7-10-18-16(11-13)8-3-4-9-16/h5-6,13,15,17H,3-4,7-11H2,1-2H3. The number of aryl methyl sites for hydroxylation is 1. The molecule has 0 aromatic carbocycles. The lowest BCUT2D eigenvalue weighted by Crippen LogP contribution is -2.41. The van der Waals surface area contributed by atoms with Crippen molar-refractivity contribution in [1.29, 1.82) is 0 Å². The van der Waals surface area contributed by atoms with E-state index in [0.717, 1.165) is 12.5 Å². The van der Waals surface area contributed by atoms with E-state index in [1.54, 1.807) is 0 Å². The summed E-state index contributed by atoms with van der Waals surface area (Å²) in [7, 11) is 2.11. The van der Waals surface area contributed by atoms with Crippen LogP contribution in [0.25, 0.3) is 0 Å². The van der Waals surface area contributed by atoms with Gasteiger partial charge in [0.2, 0.25) is 0 Å². The Morgan fingerprint density at radius 3 is 2.79 bits per heavy atom. The van der Waals surface area contributed by atoms with Crippen molar-refractivity contribution in [3.8, 4) is 0 Å². The summed E-state index contributed by atoms with van der Waals surface area (Å²) in [5.74, 6) is 0.731. The van der Waals surface area contributed by atoms with Crippen LogP contribution in [0.1, 0.15) is 54.3 Å². The topological polar surface area (TPSA) is 21.3 Å². The highest BCUT2D eigenvalue weighted by molar-refractivity contribution is 7.12. The van der Waals surface area contributed by atoms with Gasteiger partial charge in [-0.1, -0.05) is 12.8 Å². The van der Waals surface area contributed by atoms with Crippen molar-refractivity contribution in [1.82, 2.24) is 5.32 Å². The summed E-state index contributed by atoms with van der Waals surface area (Å²) in [6.45, 7) is 3.15. The van der Waals surface area contributed by atoms with E-state index < -0.39 is 0 Å². The van der Waals surface area contributed by atoms with Gasteiger partial charge in [0.1, 0.15) is 0 Å². The molecule has 2 aliphatic rings. The lowest BCUT2D eigenvalue weighted by Gasteiger charge is -2.41. The number of hydrogen-bond donors (Lipinski definition) is 1. The predicted molar refractivity (Wildman–Crippen MR) is 80.7 cm³/mol. The smallest absolute Gasteiger partial charge is 0.0686 e. The average Bonchev–Trinajstić information content (AvgIpc) is 3.01. The molecule has 1 aromatic heterocycles. The van der Waals surface area contributed by atoms with Crippen LogP contribution >= 0.6 is 11.3 Å². The van der Waals surface area contributed by atoms with Crippen molar-refractivity contribution in [3.05, 3.63) is 21.9 Å². The summed E-state index contributed by atoms with van der Waals surface area (Å²) in [6, 6.07) is 5.06. The Kier molecular flexibility index (Phi) is 3.97. The van der Waals surface area contributed by atoms with Crippen molar-refractivity contribution in [3.63, 3.8) is 0 Å². The second-order valence-corrected chi connectivity index (χ2v) is 7.53. The Morgan fingerprint density at radius 2 is 2.16 bits per heavy atom. The first-order valence-electron chi connectivity index (χ1n) is 7.60. The van der Waals surface area contributed by atoms with Crippen molar-refractivity contribution >= 4 is 11.3 Å². The van der Waals surface area contributed by atoms with Crippen LogP contribution in [0.5, 0.6) is 0 Å². The van der Waals surface area contributed by atoms with Gasteiger partial charge in [-0.05, 0) is 57.7 Å². The van der Waals surface area contributed by atoms with E-state index in [4.69, 9.17) is 4.74 Å². The maximum absolute atomic E-state index is 6.17. The van der Waals surface area contributed by atoms with E-state index in [1.807, 2.05) is 11.3 Å². The van der Waals surface area contributed by atoms with Gasteiger partial charge in [0.25, 0.3) is 0 Å². The van der Waals surface area contributed by atoms with Crippen molar-refractivity contribution in [2.45, 2.75) is 57.1 Å². The molecule has 1 saturated carbocycles. The minimum Gasteiger partial charge on any atom is -0.375 e. The number of rotatable bonds is 3. The summed E-state index contributed by atoms with van der Waals surface area (Å²) < 4.78 is 6.17. The van der Waals surface area contributed by atoms with E-state index in [0.29, 0.717) is 6.04 Å². The molecule has 2 fully saturated rings. The third kappa shape index (κ3) is 2.74. The molecule has 1 saturated heterocycles. The molecule has 19 heavy (non-hydrogen) atoms. The fourth-order valence-corrected chi connectivity index (χ4v) is 5.03. The summed E-state index contributed by atoms with van der Waals surface area (Å²) in [5, 5.41) is 3.56. The van der Waals surface area contributed by atoms with Gasteiger partial charge >= 0.3 is 0 Å². The molecule has 0 bridgehead atoms. The van der Waals surface area contributed by atoms with Crippen LogP contribution in [-0.4, -0.2) is 19.3 Å². The van der Waals surface area contributed by atoms with Crippen LogP contribution in [0.4, 0.5) is 0 Å². The van der Waals surface area contributed by atoms with E-state index in [2.05, 4.69) is 31.4 Å². The lowest BCUT2D eigenvalue weighted by molar-refractivity contribution is -0.0977. The summed E-state index contributed by atoms with van der Waals surface area (Å²) >= 11 is 1.94. The maximum atomic E-state index is 6.17. The maximum Gasteiger partial charge on any atom is 0.0686 e. The fourth-order valence-electron chi connectivity index (χ4n) is 3.95. The van der Waals surface area contributed by atoms with Gasteiger partial charge in [-0.15, -0.1) is 11.3 Å². The molecule has 2 atom stereocenters. The summed E-state index contributed by atoms with van der Waals surface area (Å²) in [5.41, 5.74) is 0.227. The Hall–Kier alpha value is -0.380. The largest absolute Gasteiger partial charge is 0.375 e. The van der Waals surface area contributed by atoms with Gasteiger partial charge in [0.05, 0.1) is 5.60 Å². The first-order chi connectivity index (χ1) is 9.22. The Labute approximate surface area is 120 Å². The summed E-state index contributed by atoms with van der Waals surface area (Å²) in [6.07, 6.45) is 7.72. The lowest BCUT2D eigenvalue weighted by atomic mass is 9.80. The molecule has 1 aliphatic carbocycles. The van der Waals surface area contributed by atoms with Crippen LogP contribution in [0.2, 0.25) is 0 Å². The van der Waals surface area contributed by atoms with Gasteiger partial charge in [-0.3, -0.25) is 0 Å². The zero-order valence-electron chi connectivity index (χ0n) is 12.1. The van der Waals surface area contributed by atoms with Crippen molar-refractivity contribution in [2.75, 3.05) is 13.7 Å². The van der Waals surface area contributed by atoms with E-state index >= 15 is 0 Å². The van der Waals surface area contributed by atoms with Crippen LogP contribution in [0.3, 0.4) is 0 Å². The highest BCUT2D eigenvalue weighted by atomic mass is 32.1. The number of ether oxygens (including phenoxy) is 1. The first-order valence-corrected chi connectivity index (χ1v) is 8.42. The molecule has 0 amide bonds. The number of thiophene rings is 1. The summed E-state index contributed by atoms with van der Waals surface area (Å²) in [4.78, 5) is 2.91. The molecule has 106 valence electrons. The molecule has 1 N–H and O–H groups in total. The minimum atomic E-state index is 0.227. The second-order valence-electron chi connectivity index (χ2n) is 6.21. The Balaban J connectivity index is 1.76. The highest BCUT2D eigenvalue weighted by Crippen LogP contribution is 2.45. The first kappa shape index (κ1) is 13.6. The fraction of sp³-hybridized carbons (Fsp3) is 0.750. The molecule has 1 aromatic rings. The SMILES string of the molecule is CNC(c1ccc(C)s1)C1CCOC2(CCCC2)C1. The molecule has 3 heteroatoms. The predicted octanol–water partition coefficient (Wildman–Crippen LogP) is 4.06. The quantitative estimate of drug-likeness (QED) is 0.901.